The smallest absolute Gasteiger partial charge is 0.459 e. The number of methoxy groups -OCH3 is 1. The van der Waals surface area contributed by atoms with Gasteiger partial charge in [-0.05, 0) is 26.0 Å². The number of Topliss-reactive ketones (excluding diaryl/α,β-unsaturated/α-hetero) is 1. The minimum Gasteiger partial charge on any atom is -0.479 e. The van der Waals surface area contributed by atoms with Crippen LogP contribution in [-0.4, -0.2) is 62.4 Å². The summed E-state index contributed by atoms with van der Waals surface area (Å²) < 4.78 is 37.7. The number of carbonyl (C=O) groups excluding carboxylic acids is 1. The van der Waals surface area contributed by atoms with Crippen LogP contribution in [0.4, 0.5) is 5.95 Å². The second-order valence-electron chi connectivity index (χ2n) is 8.49. The average molecular weight is 520 g/mol. The highest BCUT2D eigenvalue weighted by atomic mass is 31.2. The number of aromatic nitrogens is 4. The van der Waals surface area contributed by atoms with Crippen LogP contribution in [0.15, 0.2) is 36.7 Å². The molecule has 3 heterocycles. The number of ether oxygens (including phenoxy) is 2. The molecule has 4 N–H and O–H groups in total. The van der Waals surface area contributed by atoms with Gasteiger partial charge in [0, 0.05) is 5.92 Å². The van der Waals surface area contributed by atoms with E-state index in [0.717, 1.165) is 0 Å². The van der Waals surface area contributed by atoms with Crippen molar-refractivity contribution in [2.75, 3.05) is 19.5 Å². The number of fused-ring (bicyclic) bond motifs is 1. The number of aliphatic hydroxyl groups is 1. The van der Waals surface area contributed by atoms with Crippen LogP contribution in [0.2, 0.25) is 0 Å². The number of benzene rings is 1. The fourth-order valence-electron chi connectivity index (χ4n) is 3.79. The second kappa shape index (κ2) is 10.5. The van der Waals surface area contributed by atoms with Gasteiger partial charge < -0.3 is 24.8 Å². The number of rotatable bonds is 10. The number of para-hydroxylation sites is 1. The number of ketones is 1. The van der Waals surface area contributed by atoms with E-state index in [9.17, 15) is 14.5 Å². The molecule has 13 nitrogen and oxygen atoms in total. The summed E-state index contributed by atoms with van der Waals surface area (Å²) in [5.74, 6) is -0.162. The maximum Gasteiger partial charge on any atom is 0.459 e. The molecule has 0 aliphatic carbocycles. The summed E-state index contributed by atoms with van der Waals surface area (Å²) in [7, 11) is -2.57. The molecule has 0 spiro atoms. The molecule has 1 aromatic carbocycles. The molecule has 1 aliphatic rings. The Morgan fingerprint density at radius 1 is 1.33 bits per heavy atom. The predicted molar refractivity (Wildman–Crippen MR) is 129 cm³/mol. The van der Waals surface area contributed by atoms with Crippen molar-refractivity contribution in [2.45, 2.75) is 45.2 Å². The lowest BCUT2D eigenvalue weighted by Gasteiger charge is -2.24. The van der Waals surface area contributed by atoms with Gasteiger partial charge in [0.1, 0.15) is 23.9 Å². The van der Waals surface area contributed by atoms with Crippen molar-refractivity contribution in [1.82, 2.24) is 24.6 Å². The van der Waals surface area contributed by atoms with E-state index >= 15 is 0 Å². The maximum absolute atomic E-state index is 13.5. The van der Waals surface area contributed by atoms with Crippen LogP contribution < -0.4 is 20.1 Å². The summed E-state index contributed by atoms with van der Waals surface area (Å²) in [5.41, 5.74) is 6.57. The molecule has 194 valence electrons. The number of hydrogen-bond acceptors (Lipinski definition) is 11. The highest BCUT2D eigenvalue weighted by Crippen LogP contribution is 2.46. The van der Waals surface area contributed by atoms with E-state index in [1.165, 1.54) is 20.4 Å². The van der Waals surface area contributed by atoms with Gasteiger partial charge in [0.05, 0.1) is 32.2 Å². The minimum absolute atomic E-state index is 0.00292. The van der Waals surface area contributed by atoms with Crippen molar-refractivity contribution in [1.29, 1.82) is 0 Å². The van der Waals surface area contributed by atoms with Crippen LogP contribution in [0.3, 0.4) is 0 Å². The Kier molecular flexibility index (Phi) is 7.57. The Morgan fingerprint density at radius 2 is 2.06 bits per heavy atom. The molecule has 4 rings (SSSR count). The van der Waals surface area contributed by atoms with E-state index in [-0.39, 0.29) is 24.2 Å². The van der Waals surface area contributed by atoms with Crippen LogP contribution in [0.25, 0.3) is 11.2 Å². The predicted octanol–water partition coefficient (Wildman–Crippen LogP) is 2.08. The van der Waals surface area contributed by atoms with Gasteiger partial charge >= 0.3 is 7.75 Å². The lowest BCUT2D eigenvalue weighted by atomic mass is 10.0. The van der Waals surface area contributed by atoms with Crippen LogP contribution in [0, 0.1) is 5.92 Å². The molecule has 6 unspecified atom stereocenters. The number of carbonyl (C=O) groups is 1. The van der Waals surface area contributed by atoms with Crippen LogP contribution in [0.1, 0.15) is 27.0 Å². The third-order valence-electron chi connectivity index (χ3n) is 5.90. The van der Waals surface area contributed by atoms with E-state index in [2.05, 4.69) is 20.0 Å². The molecule has 0 radical (unpaired) electrons. The first kappa shape index (κ1) is 26.0. The molecule has 14 heteroatoms. The van der Waals surface area contributed by atoms with Crippen molar-refractivity contribution in [3.05, 3.63) is 36.7 Å². The van der Waals surface area contributed by atoms with Crippen molar-refractivity contribution in [3.63, 3.8) is 0 Å². The molecule has 1 saturated heterocycles. The van der Waals surface area contributed by atoms with E-state index in [0.29, 0.717) is 16.9 Å². The zero-order valence-corrected chi connectivity index (χ0v) is 21.2. The van der Waals surface area contributed by atoms with E-state index in [4.69, 9.17) is 24.3 Å². The third kappa shape index (κ3) is 5.35. The summed E-state index contributed by atoms with van der Waals surface area (Å²) in [5, 5.41) is 13.5. The van der Waals surface area contributed by atoms with Gasteiger partial charge in [-0.15, -0.1) is 0 Å². The van der Waals surface area contributed by atoms with Crippen molar-refractivity contribution < 1.29 is 33.0 Å². The number of hydrogen-bond donors (Lipinski definition) is 3. The zero-order chi connectivity index (χ0) is 26.0. The Bertz CT molecular complexity index is 1270. The molecule has 36 heavy (non-hydrogen) atoms. The van der Waals surface area contributed by atoms with Gasteiger partial charge in [-0.3, -0.25) is 13.9 Å². The molecular formula is C22H29N6O7P. The zero-order valence-electron chi connectivity index (χ0n) is 20.3. The van der Waals surface area contributed by atoms with E-state index in [1.54, 1.807) is 48.7 Å². The molecular weight excluding hydrogens is 491 g/mol. The Balaban J connectivity index is 1.53. The number of imidazole rings is 1. The largest absolute Gasteiger partial charge is 0.479 e. The fourth-order valence-corrected chi connectivity index (χ4v) is 5.37. The summed E-state index contributed by atoms with van der Waals surface area (Å²) in [6, 6.07) is 7.64. The normalized spacial score (nSPS) is 24.4. The van der Waals surface area contributed by atoms with Gasteiger partial charge in [0.25, 0.3) is 0 Å². The lowest BCUT2D eigenvalue weighted by molar-refractivity contribution is -0.118. The highest BCUT2D eigenvalue weighted by molar-refractivity contribution is 7.52. The summed E-state index contributed by atoms with van der Waals surface area (Å²) in [4.78, 5) is 24.3. The van der Waals surface area contributed by atoms with E-state index < -0.39 is 38.1 Å². The van der Waals surface area contributed by atoms with Crippen molar-refractivity contribution in [3.8, 4) is 11.6 Å². The molecule has 1 fully saturated rings. The second-order valence-corrected chi connectivity index (χ2v) is 10.2. The number of nitrogens with zero attached hydrogens (tertiary/aromatic N) is 4. The minimum atomic E-state index is -4.02. The van der Waals surface area contributed by atoms with Gasteiger partial charge in [-0.2, -0.15) is 9.97 Å². The molecule has 0 saturated carbocycles. The molecule has 0 bridgehead atoms. The van der Waals surface area contributed by atoms with E-state index in [1.807, 2.05) is 0 Å². The number of anilines is 1. The molecule has 0 amide bonds. The SMILES string of the molecule is COc1nc(N)nc2c1ncn2C1OC(COP(=O)(NC(C)C(C)=O)Oc2ccccc2)C(O)C1C. The number of nitrogens with one attached hydrogen (secondary N) is 1. The quantitative estimate of drug-likeness (QED) is 0.333. The summed E-state index contributed by atoms with van der Waals surface area (Å²) in [6.07, 6.45) is -1.04. The lowest BCUT2D eigenvalue weighted by Crippen LogP contribution is -2.34. The third-order valence-corrected chi connectivity index (χ3v) is 7.54. The Morgan fingerprint density at radius 3 is 2.72 bits per heavy atom. The van der Waals surface area contributed by atoms with Crippen LogP contribution >= 0.6 is 7.75 Å². The van der Waals surface area contributed by atoms with Crippen molar-refractivity contribution in [2.24, 2.45) is 5.92 Å². The fraction of sp³-hybridized carbons (Fsp3) is 0.455. The monoisotopic (exact) mass is 520 g/mol. The van der Waals surface area contributed by atoms with Crippen LogP contribution in [-0.2, 0) is 18.6 Å². The van der Waals surface area contributed by atoms with Crippen LogP contribution in [0.5, 0.6) is 11.6 Å². The molecule has 1 aliphatic heterocycles. The van der Waals surface area contributed by atoms with Crippen molar-refractivity contribution >= 4 is 30.6 Å². The summed E-state index contributed by atoms with van der Waals surface area (Å²) in [6.45, 7) is 4.43. The topological polar surface area (TPSA) is 173 Å². The number of nitrogens with two attached hydrogens (primary N) is 1. The van der Waals surface area contributed by atoms with Gasteiger partial charge in [0.15, 0.2) is 11.2 Å². The van der Waals surface area contributed by atoms with Gasteiger partial charge in [0.2, 0.25) is 11.8 Å². The molecule has 2 aromatic heterocycles. The van der Waals surface area contributed by atoms with Gasteiger partial charge in [-0.25, -0.2) is 14.6 Å². The first-order valence-corrected chi connectivity index (χ1v) is 12.8. The average Bonchev–Trinajstić information content (AvgIpc) is 3.38. The first-order chi connectivity index (χ1) is 17.1. The first-order valence-electron chi connectivity index (χ1n) is 11.3. The standard InChI is InChI=1S/C22H29N6O7P/c1-12-18(30)16(34-21(12)28-11-24-17-19(28)25-22(23)26-20(17)32-4)10-33-36(31,27-13(2)14(3)29)35-15-8-6-5-7-9-15/h5-9,11-13,16,18,21,30H,10H2,1-4H3,(H,27,31)(H2,23,25,26). The van der Waals surface area contributed by atoms with Gasteiger partial charge in [-0.1, -0.05) is 25.1 Å². The highest BCUT2D eigenvalue weighted by Gasteiger charge is 2.44. The molecule has 6 atom stereocenters. The maximum atomic E-state index is 13.5. The summed E-state index contributed by atoms with van der Waals surface area (Å²) >= 11 is 0. The Hall–Kier alpha value is -3.09. The number of nitrogen functional groups attached to an aromatic ring is 1. The Labute approximate surface area is 207 Å². The molecule has 3 aromatic rings. The number of aliphatic hydroxyl groups excluding tert-OH is 1.